The zero-order chi connectivity index (χ0) is 22.9. The predicted molar refractivity (Wildman–Crippen MR) is 129 cm³/mol. The Balaban J connectivity index is 1.94. The van der Waals surface area contributed by atoms with E-state index < -0.39 is 0 Å². The maximum Gasteiger partial charge on any atom is 0.266 e. The molecule has 0 bridgehead atoms. The van der Waals surface area contributed by atoms with Crippen LogP contribution in [0.5, 0.6) is 0 Å². The molecule has 162 valence electrons. The highest BCUT2D eigenvalue weighted by atomic mass is 16.1. The zero-order valence-electron chi connectivity index (χ0n) is 19.7. The Labute approximate surface area is 186 Å². The average Bonchev–Trinajstić information content (AvgIpc) is 2.68. The van der Waals surface area contributed by atoms with E-state index >= 15 is 0 Å². The highest BCUT2D eigenvalue weighted by Crippen LogP contribution is 2.44. The summed E-state index contributed by atoms with van der Waals surface area (Å²) in [5.41, 5.74) is 6.42. The third-order valence-electron chi connectivity index (χ3n) is 6.35. The number of anilines is 2. The maximum absolute atomic E-state index is 12.8. The van der Waals surface area contributed by atoms with Crippen molar-refractivity contribution in [1.82, 2.24) is 0 Å². The number of aryl methyl sites for hydroxylation is 1. The number of fused-ring (bicyclic) bond motifs is 1. The Morgan fingerprint density at radius 3 is 2.61 bits per heavy atom. The first-order valence-corrected chi connectivity index (χ1v) is 11.0. The van der Waals surface area contributed by atoms with Gasteiger partial charge in [0.25, 0.3) is 5.91 Å². The molecule has 0 aromatic heterocycles. The van der Waals surface area contributed by atoms with Gasteiger partial charge in [0.15, 0.2) is 0 Å². The van der Waals surface area contributed by atoms with Crippen molar-refractivity contribution >= 4 is 23.4 Å². The van der Waals surface area contributed by atoms with Crippen LogP contribution in [0.4, 0.5) is 11.4 Å². The first kappa shape index (κ1) is 22.6. The number of carbonyl (C=O) groups is 1. The fraction of sp³-hybridized carbons (Fsp3) is 0.407. The fourth-order valence-corrected chi connectivity index (χ4v) is 4.93. The molecule has 0 fully saturated rings. The number of hydrogen-bond donors (Lipinski definition) is 1. The standard InChI is InChI=1S/C27H33N3O/c1-17(2)30-25-12-11-21(14-23(25)19(4)15-27(30,6)7)13-22(16-28)26(31)29-24-10-8-9-18(3)20(24)5/h8-14,17,19H,15H2,1-7H3,(H,29,31)/b22-13-/t19-/m1/s1. The lowest BCUT2D eigenvalue weighted by Crippen LogP contribution is -2.51. The second-order valence-corrected chi connectivity index (χ2v) is 9.57. The van der Waals surface area contributed by atoms with E-state index in [0.29, 0.717) is 12.0 Å². The van der Waals surface area contributed by atoms with Crippen LogP contribution in [0.15, 0.2) is 42.0 Å². The highest BCUT2D eigenvalue weighted by Gasteiger charge is 2.37. The van der Waals surface area contributed by atoms with Crippen LogP contribution in [0, 0.1) is 25.2 Å². The van der Waals surface area contributed by atoms with Gasteiger partial charge >= 0.3 is 0 Å². The van der Waals surface area contributed by atoms with Gasteiger partial charge in [-0.15, -0.1) is 0 Å². The van der Waals surface area contributed by atoms with Crippen LogP contribution in [-0.2, 0) is 4.79 Å². The summed E-state index contributed by atoms with van der Waals surface area (Å²) >= 11 is 0. The molecule has 1 atom stereocenters. The van der Waals surface area contributed by atoms with E-state index in [1.54, 1.807) is 6.08 Å². The van der Waals surface area contributed by atoms with Crippen LogP contribution in [0.3, 0.4) is 0 Å². The fourth-order valence-electron chi connectivity index (χ4n) is 4.93. The van der Waals surface area contributed by atoms with E-state index in [1.165, 1.54) is 11.3 Å². The van der Waals surface area contributed by atoms with Crippen LogP contribution >= 0.6 is 0 Å². The van der Waals surface area contributed by atoms with Crippen molar-refractivity contribution in [3.63, 3.8) is 0 Å². The van der Waals surface area contributed by atoms with Crippen molar-refractivity contribution in [3.05, 3.63) is 64.2 Å². The van der Waals surface area contributed by atoms with Crippen molar-refractivity contribution in [2.24, 2.45) is 0 Å². The normalized spacial score (nSPS) is 17.8. The highest BCUT2D eigenvalue weighted by molar-refractivity contribution is 6.10. The number of nitrogens with zero attached hydrogens (tertiary/aromatic N) is 2. The monoisotopic (exact) mass is 415 g/mol. The molecule has 31 heavy (non-hydrogen) atoms. The minimum absolute atomic E-state index is 0.0846. The minimum atomic E-state index is -0.382. The number of nitriles is 1. The predicted octanol–water partition coefficient (Wildman–Crippen LogP) is 6.35. The Morgan fingerprint density at radius 2 is 1.97 bits per heavy atom. The summed E-state index contributed by atoms with van der Waals surface area (Å²) in [6, 6.07) is 14.5. The van der Waals surface area contributed by atoms with Crippen LogP contribution in [0.25, 0.3) is 6.08 Å². The Hall–Kier alpha value is -3.06. The molecule has 0 radical (unpaired) electrons. The molecular formula is C27H33N3O. The van der Waals surface area contributed by atoms with Gasteiger partial charge in [0.05, 0.1) is 0 Å². The van der Waals surface area contributed by atoms with Crippen LogP contribution in [0.1, 0.15) is 69.2 Å². The molecule has 1 N–H and O–H groups in total. The van der Waals surface area contributed by atoms with Crippen molar-refractivity contribution in [2.45, 2.75) is 72.4 Å². The summed E-state index contributed by atoms with van der Waals surface area (Å²) in [6.07, 6.45) is 2.75. The number of nitrogens with one attached hydrogen (secondary N) is 1. The van der Waals surface area contributed by atoms with E-state index in [4.69, 9.17) is 0 Å². The van der Waals surface area contributed by atoms with Gasteiger partial charge in [-0.1, -0.05) is 25.1 Å². The molecule has 4 nitrogen and oxygen atoms in total. The van der Waals surface area contributed by atoms with Crippen molar-refractivity contribution < 1.29 is 4.79 Å². The molecule has 4 heteroatoms. The molecule has 1 heterocycles. The number of hydrogen-bond acceptors (Lipinski definition) is 3. The topological polar surface area (TPSA) is 56.1 Å². The molecular weight excluding hydrogens is 382 g/mol. The molecule has 0 unspecified atom stereocenters. The molecule has 0 spiro atoms. The van der Waals surface area contributed by atoms with Gasteiger partial charge in [0.1, 0.15) is 11.6 Å². The molecule has 1 aliphatic heterocycles. The van der Waals surface area contributed by atoms with Crippen molar-refractivity contribution in [3.8, 4) is 6.07 Å². The Kier molecular flexibility index (Phi) is 6.27. The van der Waals surface area contributed by atoms with Crippen LogP contribution < -0.4 is 10.2 Å². The molecule has 1 aliphatic rings. The molecule has 1 amide bonds. The largest absolute Gasteiger partial charge is 0.364 e. The van der Waals surface area contributed by atoms with Crippen LogP contribution in [0.2, 0.25) is 0 Å². The third-order valence-corrected chi connectivity index (χ3v) is 6.35. The lowest BCUT2D eigenvalue weighted by atomic mass is 9.79. The Morgan fingerprint density at radius 1 is 1.26 bits per heavy atom. The Bertz CT molecular complexity index is 1070. The summed E-state index contributed by atoms with van der Waals surface area (Å²) < 4.78 is 0. The maximum atomic E-state index is 12.8. The van der Waals surface area contributed by atoms with Gasteiger partial charge < -0.3 is 10.2 Å². The quantitative estimate of drug-likeness (QED) is 0.467. The SMILES string of the molecule is Cc1cccc(NC(=O)/C(C#N)=C\c2ccc3c(c2)[C@H](C)CC(C)(C)N3C(C)C)c1C. The number of amides is 1. The van der Waals surface area contributed by atoms with Crippen molar-refractivity contribution in [1.29, 1.82) is 5.26 Å². The molecule has 2 aromatic carbocycles. The summed E-state index contributed by atoms with van der Waals surface area (Å²) in [5, 5.41) is 12.5. The van der Waals surface area contributed by atoms with E-state index in [0.717, 1.165) is 28.8 Å². The van der Waals surface area contributed by atoms with E-state index in [1.807, 2.05) is 38.1 Å². The second kappa shape index (κ2) is 8.59. The zero-order valence-corrected chi connectivity index (χ0v) is 19.7. The van der Waals surface area contributed by atoms with E-state index in [9.17, 15) is 10.1 Å². The summed E-state index contributed by atoms with van der Waals surface area (Å²) in [7, 11) is 0. The first-order valence-electron chi connectivity index (χ1n) is 11.0. The van der Waals surface area contributed by atoms with Gasteiger partial charge in [-0.3, -0.25) is 4.79 Å². The summed E-state index contributed by atoms with van der Waals surface area (Å²) in [6.45, 7) is 15.3. The molecule has 0 saturated heterocycles. The first-order chi connectivity index (χ1) is 14.5. The number of rotatable bonds is 4. The molecule has 3 rings (SSSR count). The minimum Gasteiger partial charge on any atom is -0.364 e. The van der Waals surface area contributed by atoms with Gasteiger partial charge in [-0.2, -0.15) is 5.26 Å². The molecule has 0 aliphatic carbocycles. The summed E-state index contributed by atoms with van der Waals surface area (Å²) in [4.78, 5) is 15.3. The smallest absolute Gasteiger partial charge is 0.266 e. The summed E-state index contributed by atoms with van der Waals surface area (Å²) in [5.74, 6) is 0.0227. The van der Waals surface area contributed by atoms with Crippen LogP contribution in [-0.4, -0.2) is 17.5 Å². The van der Waals surface area contributed by atoms with Gasteiger partial charge in [-0.05, 0) is 100 Å². The third kappa shape index (κ3) is 4.51. The van der Waals surface area contributed by atoms with Crippen molar-refractivity contribution in [2.75, 3.05) is 10.2 Å². The number of carbonyl (C=O) groups excluding carboxylic acids is 1. The molecule has 2 aromatic rings. The second-order valence-electron chi connectivity index (χ2n) is 9.57. The van der Waals surface area contributed by atoms with E-state index in [-0.39, 0.29) is 17.0 Å². The number of benzene rings is 2. The lowest BCUT2D eigenvalue weighted by molar-refractivity contribution is -0.112. The van der Waals surface area contributed by atoms with Gasteiger partial charge in [-0.25, -0.2) is 0 Å². The molecule has 0 saturated carbocycles. The van der Waals surface area contributed by atoms with Gasteiger partial charge in [0, 0.05) is 23.0 Å². The lowest BCUT2D eigenvalue weighted by Gasteiger charge is -2.50. The van der Waals surface area contributed by atoms with Gasteiger partial charge in [0.2, 0.25) is 0 Å². The average molecular weight is 416 g/mol. The van der Waals surface area contributed by atoms with E-state index in [2.05, 4.69) is 63.0 Å².